The van der Waals surface area contributed by atoms with Crippen molar-refractivity contribution in [1.82, 2.24) is 14.4 Å². The van der Waals surface area contributed by atoms with E-state index < -0.39 is 23.6 Å². The van der Waals surface area contributed by atoms with Gasteiger partial charge in [-0.25, -0.2) is 9.59 Å². The normalized spacial score (nSPS) is 17.5. The van der Waals surface area contributed by atoms with E-state index in [-0.39, 0.29) is 30.0 Å². The first-order chi connectivity index (χ1) is 24.5. The number of ether oxygens (including phenoxy) is 2. The first-order valence-electron chi connectivity index (χ1n) is 17.8. The molecule has 1 aliphatic carbocycles. The summed E-state index contributed by atoms with van der Waals surface area (Å²) in [6.07, 6.45) is 5.22. The molecule has 1 N–H and O–H groups in total. The van der Waals surface area contributed by atoms with Crippen LogP contribution < -0.4 is 0 Å². The number of carboxylic acids is 1. The molecular formula is C42H47N3O6. The lowest BCUT2D eigenvalue weighted by Gasteiger charge is -2.40. The molecule has 1 saturated heterocycles. The lowest BCUT2D eigenvalue weighted by atomic mass is 9.79. The van der Waals surface area contributed by atoms with Gasteiger partial charge in [-0.2, -0.15) is 0 Å². The van der Waals surface area contributed by atoms with Gasteiger partial charge in [0.25, 0.3) is 0 Å². The smallest absolute Gasteiger partial charge is 0.410 e. The van der Waals surface area contributed by atoms with Crippen molar-refractivity contribution < 1.29 is 29.0 Å². The van der Waals surface area contributed by atoms with Crippen LogP contribution in [0.1, 0.15) is 85.0 Å². The average Bonchev–Trinajstić information content (AvgIpc) is 3.91. The second-order valence-electron chi connectivity index (χ2n) is 14.6. The van der Waals surface area contributed by atoms with E-state index in [4.69, 9.17) is 9.47 Å². The van der Waals surface area contributed by atoms with Gasteiger partial charge in [-0.1, -0.05) is 42.2 Å². The molecule has 9 nitrogen and oxygen atoms in total. The van der Waals surface area contributed by atoms with Gasteiger partial charge in [-0.05, 0) is 106 Å². The zero-order chi connectivity index (χ0) is 36.1. The van der Waals surface area contributed by atoms with E-state index in [1.807, 2.05) is 51.1 Å². The Labute approximate surface area is 300 Å². The molecule has 0 spiro atoms. The van der Waals surface area contributed by atoms with Crippen molar-refractivity contribution in [1.29, 1.82) is 0 Å². The fourth-order valence-electron chi connectivity index (χ4n) is 6.96. The molecule has 0 unspecified atom stereocenters. The van der Waals surface area contributed by atoms with Crippen molar-refractivity contribution in [3.05, 3.63) is 107 Å². The summed E-state index contributed by atoms with van der Waals surface area (Å²) in [4.78, 5) is 43.2. The minimum atomic E-state index is -0.978. The Hall–Kier alpha value is -5.07. The molecule has 2 fully saturated rings. The van der Waals surface area contributed by atoms with Gasteiger partial charge in [-0.3, -0.25) is 4.79 Å². The number of likely N-dealkylation sites (tertiary alicyclic amines) is 1. The van der Waals surface area contributed by atoms with Crippen molar-refractivity contribution in [2.24, 2.45) is 5.92 Å². The SMILES string of the molecule is COCCCn1cc(CN(C(=O)[C@H]2CN(C(=O)OC(C)(C)C)CC[C@@H]2c2cccc(C#Cc3ccc(C(=O)O)cc3)c2)C2CC2)c2ccccc21. The van der Waals surface area contributed by atoms with Gasteiger partial charge in [0.1, 0.15) is 5.60 Å². The van der Waals surface area contributed by atoms with Crippen molar-refractivity contribution >= 4 is 28.9 Å². The summed E-state index contributed by atoms with van der Waals surface area (Å²) in [5.74, 6) is 4.85. The van der Waals surface area contributed by atoms with E-state index in [0.717, 1.165) is 53.4 Å². The number of para-hydroxylation sites is 1. The lowest BCUT2D eigenvalue weighted by molar-refractivity contribution is -0.139. The Morgan fingerprint density at radius 1 is 0.941 bits per heavy atom. The largest absolute Gasteiger partial charge is 0.478 e. The molecule has 0 bridgehead atoms. The number of carbonyl (C=O) groups excluding carboxylic acids is 2. The molecule has 51 heavy (non-hydrogen) atoms. The number of carbonyl (C=O) groups is 3. The second-order valence-corrected chi connectivity index (χ2v) is 14.6. The minimum absolute atomic E-state index is 0.0574. The van der Waals surface area contributed by atoms with Crippen LogP contribution in [0.15, 0.2) is 79.0 Å². The minimum Gasteiger partial charge on any atom is -0.478 e. The van der Waals surface area contributed by atoms with Crippen LogP contribution in [0.4, 0.5) is 4.79 Å². The fraction of sp³-hybridized carbons (Fsp3) is 0.405. The van der Waals surface area contributed by atoms with Crippen LogP contribution in [0.5, 0.6) is 0 Å². The molecule has 1 saturated carbocycles. The summed E-state index contributed by atoms with van der Waals surface area (Å²) in [5, 5.41) is 10.4. The zero-order valence-corrected chi connectivity index (χ0v) is 29.9. The number of rotatable bonds is 10. The number of benzene rings is 3. The monoisotopic (exact) mass is 689 g/mol. The maximum Gasteiger partial charge on any atom is 0.410 e. The third kappa shape index (κ3) is 8.81. The number of fused-ring (bicyclic) bond motifs is 1. The molecule has 1 aromatic heterocycles. The zero-order valence-electron chi connectivity index (χ0n) is 29.9. The van der Waals surface area contributed by atoms with Crippen LogP contribution in [0.2, 0.25) is 0 Å². The maximum absolute atomic E-state index is 14.9. The van der Waals surface area contributed by atoms with Gasteiger partial charge in [0, 0.05) is 74.2 Å². The number of aromatic carboxylic acids is 1. The molecule has 2 aliphatic rings. The second kappa shape index (κ2) is 15.4. The van der Waals surface area contributed by atoms with Crippen LogP contribution in [-0.4, -0.2) is 75.9 Å². The number of amides is 2. The van der Waals surface area contributed by atoms with E-state index in [1.165, 1.54) is 0 Å². The van der Waals surface area contributed by atoms with E-state index >= 15 is 0 Å². The quantitative estimate of drug-likeness (QED) is 0.139. The summed E-state index contributed by atoms with van der Waals surface area (Å²) in [7, 11) is 1.72. The highest BCUT2D eigenvalue weighted by Crippen LogP contribution is 2.39. The van der Waals surface area contributed by atoms with Gasteiger partial charge in [0.15, 0.2) is 0 Å². The molecular weight excluding hydrogens is 642 g/mol. The highest BCUT2D eigenvalue weighted by atomic mass is 16.6. The van der Waals surface area contributed by atoms with E-state index in [2.05, 4.69) is 45.7 Å². The predicted octanol–water partition coefficient (Wildman–Crippen LogP) is 7.31. The molecule has 6 rings (SSSR count). The molecule has 2 amide bonds. The van der Waals surface area contributed by atoms with Crippen molar-refractivity contribution in [2.45, 2.75) is 77.1 Å². The van der Waals surface area contributed by atoms with Crippen molar-refractivity contribution in [3.63, 3.8) is 0 Å². The molecule has 2 atom stereocenters. The summed E-state index contributed by atoms with van der Waals surface area (Å²) in [5.41, 5.74) is 4.36. The number of methoxy groups -OCH3 is 1. The third-order valence-corrected chi connectivity index (χ3v) is 9.61. The van der Waals surface area contributed by atoms with Gasteiger partial charge >= 0.3 is 12.1 Å². The van der Waals surface area contributed by atoms with E-state index in [1.54, 1.807) is 36.3 Å². The first kappa shape index (κ1) is 35.7. The number of aryl methyl sites for hydroxylation is 1. The Balaban J connectivity index is 1.30. The van der Waals surface area contributed by atoms with E-state index in [9.17, 15) is 19.5 Å². The van der Waals surface area contributed by atoms with Gasteiger partial charge in [0.05, 0.1) is 11.5 Å². The van der Waals surface area contributed by atoms with Crippen molar-refractivity contribution in [3.8, 4) is 11.8 Å². The molecule has 9 heteroatoms. The average molecular weight is 690 g/mol. The fourth-order valence-corrected chi connectivity index (χ4v) is 6.96. The Bertz CT molecular complexity index is 1940. The maximum atomic E-state index is 14.9. The standard InChI is InChI=1S/C42H47N3O6/c1-42(2,3)51-41(49)44-23-21-35(32-10-7-9-30(25-32)14-13-29-15-17-31(18-16-29)40(47)48)37(28-44)39(46)45(34-19-20-34)27-33-26-43(22-8-24-50-4)38-12-6-5-11-36(33)38/h5-7,9-12,15-18,25-26,34-35,37H,8,19-24,27-28H2,1-4H3,(H,47,48)/t35-,37+/m1/s1. The Morgan fingerprint density at radius 3 is 2.39 bits per heavy atom. The number of aromatic nitrogens is 1. The summed E-state index contributed by atoms with van der Waals surface area (Å²) in [6.45, 7) is 8.32. The van der Waals surface area contributed by atoms with Gasteiger partial charge in [0.2, 0.25) is 5.91 Å². The van der Waals surface area contributed by atoms with Crippen LogP contribution in [0, 0.1) is 17.8 Å². The summed E-state index contributed by atoms with van der Waals surface area (Å²) >= 11 is 0. The number of hydrogen-bond donors (Lipinski definition) is 1. The summed E-state index contributed by atoms with van der Waals surface area (Å²) in [6, 6.07) is 23.0. The number of hydrogen-bond acceptors (Lipinski definition) is 5. The molecule has 266 valence electrons. The lowest BCUT2D eigenvalue weighted by Crippen LogP contribution is -2.51. The van der Waals surface area contributed by atoms with Crippen LogP contribution in [0.25, 0.3) is 10.9 Å². The number of piperidine rings is 1. The van der Waals surface area contributed by atoms with E-state index in [0.29, 0.717) is 31.7 Å². The van der Waals surface area contributed by atoms with Gasteiger partial charge < -0.3 is 28.9 Å². The molecule has 1 aliphatic heterocycles. The summed E-state index contributed by atoms with van der Waals surface area (Å²) < 4.78 is 13.3. The highest BCUT2D eigenvalue weighted by molar-refractivity contribution is 5.88. The third-order valence-electron chi connectivity index (χ3n) is 9.61. The highest BCUT2D eigenvalue weighted by Gasteiger charge is 2.43. The van der Waals surface area contributed by atoms with Gasteiger partial charge in [-0.15, -0.1) is 0 Å². The number of carboxylic acid groups (broad SMARTS) is 1. The molecule has 2 heterocycles. The number of nitrogens with zero attached hydrogens (tertiary/aromatic N) is 3. The Morgan fingerprint density at radius 2 is 1.69 bits per heavy atom. The molecule has 0 radical (unpaired) electrons. The molecule has 4 aromatic rings. The van der Waals surface area contributed by atoms with Crippen LogP contribution in [-0.2, 0) is 27.4 Å². The topological polar surface area (TPSA) is 101 Å². The van der Waals surface area contributed by atoms with Crippen LogP contribution >= 0.6 is 0 Å². The predicted molar refractivity (Wildman–Crippen MR) is 196 cm³/mol. The van der Waals surface area contributed by atoms with Crippen LogP contribution in [0.3, 0.4) is 0 Å². The van der Waals surface area contributed by atoms with Crippen molar-refractivity contribution in [2.75, 3.05) is 26.8 Å². The Kier molecular flexibility index (Phi) is 10.8. The molecule has 3 aromatic carbocycles. The first-order valence-corrected chi connectivity index (χ1v) is 17.8.